The van der Waals surface area contributed by atoms with E-state index in [1.807, 2.05) is 0 Å². The fraction of sp³-hybridized carbons (Fsp3) is 0.923. The van der Waals surface area contributed by atoms with Gasteiger partial charge in [0.2, 0.25) is 0 Å². The molecule has 41 heavy (non-hydrogen) atoms. The zero-order chi connectivity index (χ0) is 34.1. The van der Waals surface area contributed by atoms with Gasteiger partial charge in [-0.05, 0) is 0 Å². The summed E-state index contributed by atoms with van der Waals surface area (Å²) in [7, 11) is 0. The molecule has 0 amide bonds. The van der Waals surface area contributed by atoms with Gasteiger partial charge in [0.1, 0.15) is 0 Å². The van der Waals surface area contributed by atoms with Crippen LogP contribution in [0.2, 0.25) is 0 Å². The van der Waals surface area contributed by atoms with E-state index < -0.39 is 77.8 Å². The molecule has 0 fully saturated rings. The molecule has 0 aliphatic rings. The Morgan fingerprint density at radius 3 is 0.585 bits per heavy atom. The van der Waals surface area contributed by atoms with Crippen LogP contribution in [-0.2, 0) is 0 Å². The van der Waals surface area contributed by atoms with Gasteiger partial charge in [0, 0.05) is 0 Å². The molecular formula is C13F26N2. The molecule has 2 nitrogen and oxygen atoms in total. The standard InChI is InChI=1S/C13F26N2/c14-2(15,6(22,23)10(28,29)30)4(18,19)8(26,12(34,35)36)40-1-41-9(27,13(37,38)39)5(20,21)3(16,17)7(24,25)11(31,32)33. The maximum Gasteiger partial charge on any atom is 0.460 e. The third kappa shape index (κ3) is 5.20. The zero-order valence-corrected chi connectivity index (χ0v) is 17.2. The number of aliphatic imine (C=N–C) groups is 2. The van der Waals surface area contributed by atoms with E-state index >= 15 is 0 Å². The lowest BCUT2D eigenvalue weighted by molar-refractivity contribution is -0.431. The molecule has 0 aromatic heterocycles. The summed E-state index contributed by atoms with van der Waals surface area (Å²) in [6.45, 7) is 0. The van der Waals surface area contributed by atoms with Gasteiger partial charge in [-0.15, -0.1) is 0 Å². The molecule has 2 atom stereocenters. The molecule has 0 aromatic carbocycles. The summed E-state index contributed by atoms with van der Waals surface area (Å²) >= 11 is 0. The summed E-state index contributed by atoms with van der Waals surface area (Å²) in [6, 6.07) is -1.40. The van der Waals surface area contributed by atoms with Crippen molar-refractivity contribution in [3.05, 3.63) is 0 Å². The van der Waals surface area contributed by atoms with E-state index in [2.05, 4.69) is 0 Å². The van der Waals surface area contributed by atoms with Crippen LogP contribution in [0.15, 0.2) is 9.98 Å². The number of hydrogen-bond donors (Lipinski definition) is 0. The topological polar surface area (TPSA) is 24.7 Å². The zero-order valence-electron chi connectivity index (χ0n) is 17.2. The van der Waals surface area contributed by atoms with Crippen LogP contribution in [0, 0.1) is 0 Å². The first-order valence-electron chi connectivity index (χ1n) is 8.31. The molecule has 0 rings (SSSR count). The van der Waals surface area contributed by atoms with Crippen LogP contribution in [-0.4, -0.2) is 77.8 Å². The average molecular weight is 678 g/mol. The Hall–Kier alpha value is -2.44. The van der Waals surface area contributed by atoms with E-state index in [1.54, 1.807) is 0 Å². The molecule has 0 saturated heterocycles. The summed E-state index contributed by atoms with van der Waals surface area (Å²) < 4.78 is 334. The van der Waals surface area contributed by atoms with Gasteiger partial charge in [-0.2, -0.15) is 124 Å². The summed E-state index contributed by atoms with van der Waals surface area (Å²) in [5.74, 6) is -68.4. The molecule has 0 radical (unpaired) electrons. The number of rotatable bonds is 8. The number of alkyl halides is 26. The van der Waals surface area contributed by atoms with E-state index in [0.717, 1.165) is 0 Å². The molecule has 0 aliphatic carbocycles. The van der Waals surface area contributed by atoms with E-state index in [1.165, 1.54) is 0 Å². The van der Waals surface area contributed by atoms with Gasteiger partial charge < -0.3 is 0 Å². The maximum atomic E-state index is 13.9. The Balaban J connectivity index is 7.65. The molecule has 244 valence electrons. The molecule has 2 unspecified atom stereocenters. The van der Waals surface area contributed by atoms with Gasteiger partial charge in [-0.3, -0.25) is 0 Å². The van der Waals surface area contributed by atoms with Crippen LogP contribution in [0.4, 0.5) is 114 Å². The Bertz CT molecular complexity index is 938. The minimum Gasteiger partial charge on any atom is -0.199 e. The van der Waals surface area contributed by atoms with E-state index in [9.17, 15) is 114 Å². The third-order valence-corrected chi connectivity index (χ3v) is 4.28. The van der Waals surface area contributed by atoms with Gasteiger partial charge in [0.15, 0.2) is 0 Å². The fourth-order valence-electron chi connectivity index (χ4n) is 1.95. The molecule has 0 saturated carbocycles. The van der Waals surface area contributed by atoms with Gasteiger partial charge >= 0.3 is 71.8 Å². The summed E-state index contributed by atoms with van der Waals surface area (Å²) in [4.78, 5) is -0.00300. The van der Waals surface area contributed by atoms with Crippen molar-refractivity contribution in [1.29, 1.82) is 0 Å². The Labute approximate surface area is 203 Å². The predicted octanol–water partition coefficient (Wildman–Crippen LogP) is 8.55. The molecule has 28 heteroatoms. The average Bonchev–Trinajstić information content (AvgIpc) is 2.69. The van der Waals surface area contributed by atoms with Crippen LogP contribution in [0.5, 0.6) is 0 Å². The first-order chi connectivity index (χ1) is 17.2. The van der Waals surface area contributed by atoms with Crippen molar-refractivity contribution in [2.24, 2.45) is 9.98 Å². The van der Waals surface area contributed by atoms with Gasteiger partial charge in [0.25, 0.3) is 0 Å². The molecule has 0 N–H and O–H groups in total. The van der Waals surface area contributed by atoms with Crippen molar-refractivity contribution in [3.63, 3.8) is 0 Å². The largest absolute Gasteiger partial charge is 0.460 e. The second-order valence-electron chi connectivity index (χ2n) is 7.01. The maximum absolute atomic E-state index is 13.9. The summed E-state index contributed by atoms with van der Waals surface area (Å²) in [5.41, 5.74) is 0. The van der Waals surface area contributed by atoms with Crippen molar-refractivity contribution >= 4 is 6.01 Å². The molecular weight excluding hydrogens is 678 g/mol. The van der Waals surface area contributed by atoms with Crippen molar-refractivity contribution in [3.8, 4) is 0 Å². The highest BCUT2D eigenvalue weighted by atomic mass is 19.4. The van der Waals surface area contributed by atoms with Gasteiger partial charge in [-0.25, -0.2) is 0 Å². The molecule has 0 spiro atoms. The van der Waals surface area contributed by atoms with Gasteiger partial charge in [0.05, 0.1) is 6.01 Å². The van der Waals surface area contributed by atoms with Crippen LogP contribution in [0.25, 0.3) is 0 Å². The lowest BCUT2D eigenvalue weighted by Gasteiger charge is -2.39. The van der Waals surface area contributed by atoms with Crippen LogP contribution < -0.4 is 0 Å². The van der Waals surface area contributed by atoms with Crippen LogP contribution in [0.1, 0.15) is 0 Å². The van der Waals surface area contributed by atoms with Gasteiger partial charge in [-0.1, -0.05) is 0 Å². The Kier molecular flexibility index (Phi) is 8.97. The SMILES string of the molecule is FC(F)(F)C(F)(F)C(F)(F)C(F)(F)C(F)(N=C=NC(F)(C(F)(F)F)C(F)(F)C(F)(F)C(F)(F)C(F)(F)F)C(F)(F)F. The highest BCUT2D eigenvalue weighted by molar-refractivity contribution is 5.45. The van der Waals surface area contributed by atoms with Crippen molar-refractivity contribution in [2.45, 2.75) is 71.8 Å². The lowest BCUT2D eigenvalue weighted by atomic mass is 9.94. The second-order valence-corrected chi connectivity index (χ2v) is 7.01. The first-order valence-corrected chi connectivity index (χ1v) is 8.31. The van der Waals surface area contributed by atoms with E-state index in [0.29, 0.717) is 0 Å². The summed E-state index contributed by atoms with van der Waals surface area (Å²) in [6.07, 6.45) is -32.5. The molecule has 0 aliphatic heterocycles. The minimum absolute atomic E-state index is 0.00150. The quantitative estimate of drug-likeness (QED) is 0.140. The highest BCUT2D eigenvalue weighted by Crippen LogP contribution is 2.62. The third-order valence-electron chi connectivity index (χ3n) is 4.28. The Morgan fingerprint density at radius 2 is 0.439 bits per heavy atom. The summed E-state index contributed by atoms with van der Waals surface area (Å²) in [5, 5.41) is 0. The number of hydrogen-bond acceptors (Lipinski definition) is 2. The normalized spacial score (nSPS) is 18.8. The smallest absolute Gasteiger partial charge is 0.199 e. The van der Waals surface area contributed by atoms with Crippen molar-refractivity contribution in [1.82, 2.24) is 0 Å². The lowest BCUT2D eigenvalue weighted by Crippen LogP contribution is -2.70. The van der Waals surface area contributed by atoms with Crippen LogP contribution >= 0.6 is 0 Å². The molecule has 0 bridgehead atoms. The fourth-order valence-corrected chi connectivity index (χ4v) is 1.95. The number of halogens is 26. The predicted molar refractivity (Wildman–Crippen MR) is 71.4 cm³/mol. The first kappa shape index (κ1) is 38.6. The minimum atomic E-state index is -8.77. The van der Waals surface area contributed by atoms with E-state index in [-0.39, 0.29) is 9.98 Å². The number of nitrogens with zero attached hydrogens (tertiary/aromatic N) is 2. The highest BCUT2D eigenvalue weighted by Gasteiger charge is 2.92. The van der Waals surface area contributed by atoms with E-state index in [4.69, 9.17) is 0 Å². The second kappa shape index (κ2) is 9.54. The molecule has 0 heterocycles. The Morgan fingerprint density at radius 1 is 0.244 bits per heavy atom. The van der Waals surface area contributed by atoms with Crippen molar-refractivity contribution in [2.75, 3.05) is 0 Å². The molecule has 0 aromatic rings. The monoisotopic (exact) mass is 678 g/mol. The van der Waals surface area contributed by atoms with Crippen LogP contribution in [0.3, 0.4) is 0 Å². The van der Waals surface area contributed by atoms with Crippen molar-refractivity contribution < 1.29 is 114 Å².